The van der Waals surface area contributed by atoms with E-state index in [-0.39, 0.29) is 0 Å². The van der Waals surface area contributed by atoms with E-state index in [1.165, 1.54) is 0 Å². The molecule has 0 aliphatic rings. The van der Waals surface area contributed by atoms with Gasteiger partial charge in [-0.3, -0.25) is 4.79 Å². The third kappa shape index (κ3) is 2.98. The molecule has 3 nitrogen and oxygen atoms in total. The highest BCUT2D eigenvalue weighted by Crippen LogP contribution is 1.94. The van der Waals surface area contributed by atoms with Gasteiger partial charge in [-0.15, -0.1) is 0 Å². The Morgan fingerprint density at radius 1 is 1.80 bits per heavy atom. The summed E-state index contributed by atoms with van der Waals surface area (Å²) < 4.78 is 4.60. The van der Waals surface area contributed by atoms with Crippen LogP contribution in [0.4, 0.5) is 0 Å². The largest absolute Gasteiger partial charge is 0.465 e. The minimum atomic E-state index is -0.537. The Morgan fingerprint density at radius 3 is 2.80 bits per heavy atom. The number of hydrogen-bond acceptors (Lipinski definition) is 3. The van der Waals surface area contributed by atoms with E-state index in [2.05, 4.69) is 10.7 Å². The molecule has 0 amide bonds. The van der Waals surface area contributed by atoms with E-state index in [0.717, 1.165) is 0 Å². The fourth-order valence-electron chi connectivity index (χ4n) is 0.423. The van der Waals surface area contributed by atoms with Crippen molar-refractivity contribution < 1.29 is 14.6 Å². The van der Waals surface area contributed by atoms with Crippen LogP contribution in [0.5, 0.6) is 0 Å². The average Bonchev–Trinajstić information content (AvgIpc) is 1.89. The van der Waals surface area contributed by atoms with Crippen molar-refractivity contribution in [1.82, 2.24) is 0 Å². The maximum atomic E-state index is 10.7. The first-order valence-electron chi connectivity index (χ1n) is 3.03. The normalized spacial score (nSPS) is 11.0. The van der Waals surface area contributed by atoms with E-state index in [9.17, 15) is 4.79 Å². The predicted molar refractivity (Wildman–Crippen MR) is 35.5 cm³/mol. The van der Waals surface area contributed by atoms with Crippen molar-refractivity contribution in [3.63, 3.8) is 0 Å². The monoisotopic (exact) mass is 142 g/mol. The van der Waals surface area contributed by atoms with Crippen molar-refractivity contribution in [2.75, 3.05) is 6.61 Å². The van der Waals surface area contributed by atoms with Crippen molar-refractivity contribution in [2.45, 2.75) is 13.8 Å². The van der Waals surface area contributed by atoms with Crippen LogP contribution in [0, 0.1) is 17.9 Å². The maximum Gasteiger partial charge on any atom is 0.320 e. The average molecular weight is 142 g/mol. The Hall–Kier alpha value is -1.17. The van der Waals surface area contributed by atoms with Gasteiger partial charge in [0, 0.05) is 0 Å². The van der Waals surface area contributed by atoms with Gasteiger partial charge in [0.15, 0.2) is 0 Å². The SMILES string of the molecule is CCOC(=O)C(C)C#CO. The van der Waals surface area contributed by atoms with Crippen LogP contribution < -0.4 is 0 Å². The zero-order valence-electron chi connectivity index (χ0n) is 6.05. The smallest absolute Gasteiger partial charge is 0.320 e. The van der Waals surface area contributed by atoms with Crippen LogP contribution in [0.1, 0.15) is 13.8 Å². The lowest BCUT2D eigenvalue weighted by Gasteiger charge is -2.01. The number of esters is 1. The molecule has 0 fully saturated rings. The first kappa shape index (κ1) is 8.83. The number of carbonyl (C=O) groups is 1. The summed E-state index contributed by atoms with van der Waals surface area (Å²) in [6.07, 6.45) is 1.66. The third-order valence-corrected chi connectivity index (χ3v) is 0.921. The molecule has 0 saturated carbocycles. The summed E-state index contributed by atoms with van der Waals surface area (Å²) >= 11 is 0. The van der Waals surface area contributed by atoms with Gasteiger partial charge in [-0.25, -0.2) is 0 Å². The minimum Gasteiger partial charge on any atom is -0.465 e. The standard InChI is InChI=1S/C7H10O3/c1-3-10-7(9)6(2)4-5-8/h6,8H,3H2,1-2H3. The zero-order valence-corrected chi connectivity index (χ0v) is 6.05. The van der Waals surface area contributed by atoms with Gasteiger partial charge in [-0.2, -0.15) is 0 Å². The molecule has 1 N–H and O–H groups in total. The summed E-state index contributed by atoms with van der Waals surface area (Å²) in [6, 6.07) is 0. The van der Waals surface area contributed by atoms with Gasteiger partial charge in [0.05, 0.1) is 6.61 Å². The van der Waals surface area contributed by atoms with Gasteiger partial charge in [-0.05, 0) is 19.8 Å². The van der Waals surface area contributed by atoms with Crippen molar-refractivity contribution >= 4 is 5.97 Å². The lowest BCUT2D eigenvalue weighted by molar-refractivity contribution is -0.145. The molecule has 0 aromatic carbocycles. The molecule has 10 heavy (non-hydrogen) atoms. The molecule has 0 aromatic heterocycles. The topological polar surface area (TPSA) is 46.5 Å². The van der Waals surface area contributed by atoms with Crippen LogP contribution in [0.25, 0.3) is 0 Å². The van der Waals surface area contributed by atoms with Gasteiger partial charge in [0.1, 0.15) is 12.0 Å². The molecule has 0 radical (unpaired) electrons. The van der Waals surface area contributed by atoms with Gasteiger partial charge >= 0.3 is 5.97 Å². The molecule has 1 unspecified atom stereocenters. The molecule has 0 bridgehead atoms. The maximum absolute atomic E-state index is 10.7. The van der Waals surface area contributed by atoms with E-state index in [0.29, 0.717) is 6.61 Å². The highest BCUT2D eigenvalue weighted by molar-refractivity contribution is 5.75. The molecule has 0 rings (SSSR count). The molecule has 1 atom stereocenters. The van der Waals surface area contributed by atoms with E-state index < -0.39 is 11.9 Å². The number of hydrogen-bond donors (Lipinski definition) is 1. The lowest BCUT2D eigenvalue weighted by atomic mass is 10.2. The minimum absolute atomic E-state index is 0.344. The van der Waals surface area contributed by atoms with Crippen molar-refractivity contribution in [1.29, 1.82) is 0 Å². The van der Waals surface area contributed by atoms with E-state index in [1.54, 1.807) is 20.0 Å². The molecule has 0 aromatic rings. The summed E-state index contributed by atoms with van der Waals surface area (Å²) in [4.78, 5) is 10.7. The summed E-state index contributed by atoms with van der Waals surface area (Å²) in [5, 5.41) is 8.08. The van der Waals surface area contributed by atoms with Gasteiger partial charge < -0.3 is 9.84 Å². The Morgan fingerprint density at radius 2 is 2.40 bits per heavy atom. The van der Waals surface area contributed by atoms with E-state index in [4.69, 9.17) is 5.11 Å². The zero-order chi connectivity index (χ0) is 7.98. The van der Waals surface area contributed by atoms with E-state index in [1.807, 2.05) is 0 Å². The summed E-state index contributed by atoms with van der Waals surface area (Å²) in [6.45, 7) is 3.63. The highest BCUT2D eigenvalue weighted by atomic mass is 16.5. The Labute approximate surface area is 60.0 Å². The summed E-state index contributed by atoms with van der Waals surface area (Å²) in [5.41, 5.74) is 0. The van der Waals surface area contributed by atoms with Crippen LogP contribution in [0.2, 0.25) is 0 Å². The Kier molecular flexibility index (Phi) is 4.14. The molecule has 3 heteroatoms. The fraction of sp³-hybridized carbons (Fsp3) is 0.571. The summed E-state index contributed by atoms with van der Waals surface area (Å²) in [7, 11) is 0. The van der Waals surface area contributed by atoms with Crippen LogP contribution in [0.15, 0.2) is 0 Å². The number of aliphatic hydroxyl groups is 1. The Balaban J connectivity index is 3.78. The number of rotatable bonds is 2. The number of ether oxygens (including phenoxy) is 1. The molecular formula is C7H10O3. The lowest BCUT2D eigenvalue weighted by Crippen LogP contribution is -2.12. The number of carbonyl (C=O) groups excluding carboxylic acids is 1. The molecular weight excluding hydrogens is 132 g/mol. The second-order valence-corrected chi connectivity index (χ2v) is 1.73. The van der Waals surface area contributed by atoms with Crippen molar-refractivity contribution in [2.24, 2.45) is 5.92 Å². The van der Waals surface area contributed by atoms with Crippen LogP contribution >= 0.6 is 0 Å². The van der Waals surface area contributed by atoms with Gasteiger partial charge in [0.2, 0.25) is 0 Å². The molecule has 0 saturated heterocycles. The fourth-order valence-corrected chi connectivity index (χ4v) is 0.423. The summed E-state index contributed by atoms with van der Waals surface area (Å²) in [5.74, 6) is 1.32. The number of aliphatic hydroxyl groups excluding tert-OH is 1. The van der Waals surface area contributed by atoms with E-state index >= 15 is 0 Å². The first-order chi connectivity index (χ1) is 4.72. The molecule has 0 aliphatic carbocycles. The van der Waals surface area contributed by atoms with Crippen LogP contribution in [0.3, 0.4) is 0 Å². The van der Waals surface area contributed by atoms with Gasteiger partial charge in [-0.1, -0.05) is 0 Å². The Bertz CT molecular complexity index is 163. The molecule has 56 valence electrons. The van der Waals surface area contributed by atoms with Crippen LogP contribution in [-0.4, -0.2) is 17.7 Å². The second-order valence-electron chi connectivity index (χ2n) is 1.73. The highest BCUT2D eigenvalue weighted by Gasteiger charge is 2.09. The molecule has 0 aliphatic heterocycles. The first-order valence-corrected chi connectivity index (χ1v) is 3.03. The van der Waals surface area contributed by atoms with Crippen molar-refractivity contribution in [3.05, 3.63) is 0 Å². The second kappa shape index (κ2) is 4.68. The van der Waals surface area contributed by atoms with Crippen LogP contribution in [-0.2, 0) is 9.53 Å². The third-order valence-electron chi connectivity index (χ3n) is 0.921. The molecule has 0 heterocycles. The predicted octanol–water partition coefficient (Wildman–Crippen LogP) is 0.519. The quantitative estimate of drug-likeness (QED) is 0.451. The van der Waals surface area contributed by atoms with Gasteiger partial charge in [0.25, 0.3) is 0 Å². The molecule has 0 spiro atoms. The van der Waals surface area contributed by atoms with Crippen molar-refractivity contribution in [3.8, 4) is 12.0 Å².